The standard InChI is InChI=1S/C19H24N6O6/c1-3-10-22-16(29)23(11-4-2)18(31)24(17(22)30)12-13(26)21-25-14(27)19(20-15(25)28)8-6-5-7-9-19/h3-4H,1-2,5-12H2,(H,20,28)(H,21,26). The largest absolute Gasteiger partial charge is 0.344 e. The summed E-state index contributed by atoms with van der Waals surface area (Å²) >= 11 is 0. The molecule has 1 aliphatic heterocycles. The number of nitrogens with one attached hydrogen (secondary N) is 2. The Morgan fingerprint density at radius 2 is 1.42 bits per heavy atom. The van der Waals surface area contributed by atoms with Crippen LogP contribution in [-0.4, -0.2) is 42.1 Å². The molecule has 0 radical (unpaired) electrons. The van der Waals surface area contributed by atoms with Crippen molar-refractivity contribution in [2.24, 2.45) is 0 Å². The van der Waals surface area contributed by atoms with Gasteiger partial charge in [0, 0.05) is 0 Å². The second-order valence-electron chi connectivity index (χ2n) is 7.48. The van der Waals surface area contributed by atoms with Crippen LogP contribution in [0.1, 0.15) is 32.1 Å². The van der Waals surface area contributed by atoms with E-state index in [4.69, 9.17) is 0 Å². The first-order chi connectivity index (χ1) is 14.8. The van der Waals surface area contributed by atoms with E-state index >= 15 is 0 Å². The van der Waals surface area contributed by atoms with E-state index in [1.165, 1.54) is 12.2 Å². The van der Waals surface area contributed by atoms with Gasteiger partial charge < -0.3 is 5.32 Å². The topological polar surface area (TPSA) is 145 Å². The molecule has 12 nitrogen and oxygen atoms in total. The molecule has 0 unspecified atom stereocenters. The minimum Gasteiger partial charge on any atom is -0.322 e. The van der Waals surface area contributed by atoms with Gasteiger partial charge in [0.25, 0.3) is 11.8 Å². The number of aromatic nitrogens is 3. The molecule has 1 aromatic rings. The zero-order valence-corrected chi connectivity index (χ0v) is 17.0. The number of amides is 4. The van der Waals surface area contributed by atoms with Crippen molar-refractivity contribution in [3.8, 4) is 0 Å². The van der Waals surface area contributed by atoms with E-state index < -0.39 is 47.0 Å². The summed E-state index contributed by atoms with van der Waals surface area (Å²) in [5.74, 6) is -1.51. The molecule has 0 atom stereocenters. The second-order valence-corrected chi connectivity index (χ2v) is 7.48. The summed E-state index contributed by atoms with van der Waals surface area (Å²) in [7, 11) is 0. The third-order valence-electron chi connectivity index (χ3n) is 5.42. The summed E-state index contributed by atoms with van der Waals surface area (Å²) in [5.41, 5.74) is -1.74. The van der Waals surface area contributed by atoms with Gasteiger partial charge in [0.2, 0.25) is 0 Å². The Bertz CT molecular complexity index is 1070. The highest BCUT2D eigenvalue weighted by atomic mass is 16.2. The van der Waals surface area contributed by atoms with Crippen molar-refractivity contribution in [2.45, 2.75) is 57.3 Å². The lowest BCUT2D eigenvalue weighted by atomic mass is 9.82. The highest BCUT2D eigenvalue weighted by Gasteiger charge is 2.52. The number of urea groups is 1. The van der Waals surface area contributed by atoms with Gasteiger partial charge >= 0.3 is 23.1 Å². The van der Waals surface area contributed by atoms with Gasteiger partial charge in [0.05, 0.1) is 13.1 Å². The molecule has 3 rings (SSSR count). The summed E-state index contributed by atoms with van der Waals surface area (Å²) in [6.07, 6.45) is 6.05. The number of nitrogens with zero attached hydrogens (tertiary/aromatic N) is 4. The van der Waals surface area contributed by atoms with Crippen LogP contribution < -0.4 is 27.8 Å². The summed E-state index contributed by atoms with van der Waals surface area (Å²) < 4.78 is 2.05. The number of imide groups is 1. The number of hydrogen-bond acceptors (Lipinski definition) is 6. The van der Waals surface area contributed by atoms with Gasteiger partial charge in [-0.15, -0.1) is 13.2 Å². The van der Waals surface area contributed by atoms with Crippen molar-refractivity contribution in [3.63, 3.8) is 0 Å². The Kier molecular flexibility index (Phi) is 6.09. The Hall–Kier alpha value is -3.70. The molecule has 166 valence electrons. The Morgan fingerprint density at radius 1 is 0.903 bits per heavy atom. The Labute approximate surface area is 176 Å². The smallest absolute Gasteiger partial charge is 0.322 e. The van der Waals surface area contributed by atoms with Gasteiger partial charge in [-0.2, -0.15) is 5.01 Å². The SMILES string of the molecule is C=CCn1c(=O)n(CC=C)c(=O)n(CC(=O)NN2C(=O)NC3(CCCCC3)C2=O)c1=O. The number of rotatable bonds is 7. The molecule has 1 saturated heterocycles. The van der Waals surface area contributed by atoms with Gasteiger partial charge in [-0.3, -0.25) is 15.0 Å². The maximum absolute atomic E-state index is 12.8. The van der Waals surface area contributed by atoms with E-state index in [1.807, 2.05) is 0 Å². The monoisotopic (exact) mass is 432 g/mol. The van der Waals surface area contributed by atoms with Crippen LogP contribution in [0.15, 0.2) is 39.7 Å². The summed E-state index contributed by atoms with van der Waals surface area (Å²) in [5, 5.41) is 3.23. The fourth-order valence-electron chi connectivity index (χ4n) is 3.91. The molecule has 2 heterocycles. The molecule has 12 heteroatoms. The van der Waals surface area contributed by atoms with Crippen LogP contribution in [0, 0.1) is 0 Å². The van der Waals surface area contributed by atoms with Crippen LogP contribution in [0.5, 0.6) is 0 Å². The quantitative estimate of drug-likeness (QED) is 0.410. The van der Waals surface area contributed by atoms with Crippen molar-refractivity contribution in [3.05, 3.63) is 56.8 Å². The lowest BCUT2D eigenvalue weighted by Gasteiger charge is -2.30. The predicted molar refractivity (Wildman–Crippen MR) is 109 cm³/mol. The van der Waals surface area contributed by atoms with Gasteiger partial charge in [0.1, 0.15) is 12.1 Å². The van der Waals surface area contributed by atoms with Crippen LogP contribution in [0.3, 0.4) is 0 Å². The molecule has 2 N–H and O–H groups in total. The Balaban J connectivity index is 1.87. The molecule has 1 aromatic heterocycles. The highest BCUT2D eigenvalue weighted by molar-refractivity contribution is 6.07. The van der Waals surface area contributed by atoms with Gasteiger partial charge in [-0.25, -0.2) is 32.9 Å². The molecule has 1 saturated carbocycles. The normalized spacial score (nSPS) is 17.5. The molecule has 1 spiro atoms. The summed E-state index contributed by atoms with van der Waals surface area (Å²) in [6, 6.07) is -0.770. The van der Waals surface area contributed by atoms with Crippen LogP contribution >= 0.6 is 0 Å². The highest BCUT2D eigenvalue weighted by Crippen LogP contribution is 2.32. The average Bonchev–Trinajstić information content (AvgIpc) is 2.96. The van der Waals surface area contributed by atoms with E-state index in [2.05, 4.69) is 23.9 Å². The number of allylic oxidation sites excluding steroid dienone is 2. The first-order valence-corrected chi connectivity index (χ1v) is 9.88. The van der Waals surface area contributed by atoms with E-state index in [9.17, 15) is 28.8 Å². The zero-order chi connectivity index (χ0) is 22.8. The summed E-state index contributed by atoms with van der Waals surface area (Å²) in [4.78, 5) is 75.2. The molecule has 4 amide bonds. The predicted octanol–water partition coefficient (Wildman–Crippen LogP) is -1.17. The van der Waals surface area contributed by atoms with Crippen molar-refractivity contribution >= 4 is 17.8 Å². The van der Waals surface area contributed by atoms with Crippen LogP contribution in [0.25, 0.3) is 0 Å². The maximum atomic E-state index is 12.8. The van der Waals surface area contributed by atoms with Crippen molar-refractivity contribution in [1.82, 2.24) is 29.5 Å². The summed E-state index contributed by atoms with van der Waals surface area (Å²) in [6.45, 7) is 5.80. The number of hydrogen-bond donors (Lipinski definition) is 2. The molecule has 1 aliphatic carbocycles. The molecule has 0 bridgehead atoms. The maximum Gasteiger partial charge on any atom is 0.344 e. The van der Waals surface area contributed by atoms with Crippen molar-refractivity contribution in [2.75, 3.05) is 0 Å². The third-order valence-corrected chi connectivity index (χ3v) is 5.42. The van der Waals surface area contributed by atoms with E-state index in [1.54, 1.807) is 0 Å². The first-order valence-electron chi connectivity index (χ1n) is 9.88. The van der Waals surface area contributed by atoms with Crippen LogP contribution in [0.4, 0.5) is 4.79 Å². The molecule has 2 fully saturated rings. The second kappa shape index (κ2) is 8.58. The van der Waals surface area contributed by atoms with Gasteiger partial charge in [0.15, 0.2) is 0 Å². The minimum atomic E-state index is -1.03. The van der Waals surface area contributed by atoms with Crippen LogP contribution in [-0.2, 0) is 29.2 Å². The fraction of sp³-hybridized carbons (Fsp3) is 0.474. The number of hydrazine groups is 1. The van der Waals surface area contributed by atoms with Gasteiger partial charge in [-0.05, 0) is 12.8 Å². The zero-order valence-electron chi connectivity index (χ0n) is 17.0. The first kappa shape index (κ1) is 22.0. The lowest BCUT2D eigenvalue weighted by molar-refractivity contribution is -0.140. The fourth-order valence-corrected chi connectivity index (χ4v) is 3.91. The van der Waals surface area contributed by atoms with Crippen LogP contribution in [0.2, 0.25) is 0 Å². The molecule has 0 aromatic carbocycles. The Morgan fingerprint density at radius 3 is 1.94 bits per heavy atom. The number of carbonyl (C=O) groups is 3. The minimum absolute atomic E-state index is 0.174. The number of carbonyl (C=O) groups excluding carboxylic acids is 3. The average molecular weight is 432 g/mol. The third kappa shape index (κ3) is 3.88. The van der Waals surface area contributed by atoms with Gasteiger partial charge in [-0.1, -0.05) is 31.4 Å². The van der Waals surface area contributed by atoms with E-state index in [0.29, 0.717) is 22.4 Å². The van der Waals surface area contributed by atoms with Crippen molar-refractivity contribution in [1.29, 1.82) is 0 Å². The van der Waals surface area contributed by atoms with E-state index in [-0.39, 0.29) is 13.1 Å². The molecule has 2 aliphatic rings. The van der Waals surface area contributed by atoms with E-state index in [0.717, 1.165) is 28.4 Å². The van der Waals surface area contributed by atoms with Crippen molar-refractivity contribution < 1.29 is 14.4 Å². The lowest BCUT2D eigenvalue weighted by Crippen LogP contribution is -2.57. The molecule has 31 heavy (non-hydrogen) atoms. The molecular weight excluding hydrogens is 408 g/mol. The molecular formula is C19H24N6O6.